The van der Waals surface area contributed by atoms with E-state index in [1.807, 2.05) is 32.0 Å². The van der Waals surface area contributed by atoms with Crippen LogP contribution in [0.3, 0.4) is 0 Å². The molecule has 0 spiro atoms. The highest BCUT2D eigenvalue weighted by molar-refractivity contribution is 7.89. The van der Waals surface area contributed by atoms with Gasteiger partial charge in [0.05, 0.1) is 10.6 Å². The Morgan fingerprint density at radius 3 is 2.51 bits per heavy atom. The molecule has 0 radical (unpaired) electrons. The van der Waals surface area contributed by atoms with Gasteiger partial charge in [0, 0.05) is 36.7 Å². The van der Waals surface area contributed by atoms with Gasteiger partial charge in [-0.3, -0.25) is 0 Å². The van der Waals surface area contributed by atoms with Crippen molar-refractivity contribution in [2.75, 3.05) is 23.7 Å². The van der Waals surface area contributed by atoms with E-state index in [-0.39, 0.29) is 4.90 Å². The van der Waals surface area contributed by atoms with Crippen molar-refractivity contribution in [2.45, 2.75) is 31.6 Å². The number of pyridine rings is 1. The van der Waals surface area contributed by atoms with Crippen LogP contribution in [0.4, 0.5) is 23.3 Å². The third-order valence-corrected chi connectivity index (χ3v) is 7.82. The van der Waals surface area contributed by atoms with Gasteiger partial charge in [0.25, 0.3) is 0 Å². The summed E-state index contributed by atoms with van der Waals surface area (Å²) >= 11 is 0. The van der Waals surface area contributed by atoms with Crippen molar-refractivity contribution in [2.24, 2.45) is 0 Å². The number of nitrogens with one attached hydrogen (secondary N) is 2. The molecular weight excluding hydrogens is 464 g/mol. The van der Waals surface area contributed by atoms with E-state index in [2.05, 4.69) is 30.7 Å². The first-order valence-corrected chi connectivity index (χ1v) is 12.8. The highest BCUT2D eigenvalue weighted by atomic mass is 32.2. The molecule has 3 aromatic heterocycles. The van der Waals surface area contributed by atoms with E-state index in [0.717, 1.165) is 29.9 Å². The molecule has 0 atom stereocenters. The molecule has 1 saturated heterocycles. The van der Waals surface area contributed by atoms with Gasteiger partial charge < -0.3 is 10.6 Å². The summed E-state index contributed by atoms with van der Waals surface area (Å²) in [6, 6.07) is 14.1. The standard InChI is InChI=1S/C24H26N8O2S/c1-17-18(2)30-32(22-10-3-4-12-25-22)23(17)28-21-11-13-26-24(29-21)27-19-8-7-9-20(16-19)35(33,34)31-14-5-6-15-31/h3-4,7-13,16H,5-6,14-15H2,1-2H3,(H2,26,27,28,29). The van der Waals surface area contributed by atoms with Crippen molar-refractivity contribution in [1.29, 1.82) is 0 Å². The van der Waals surface area contributed by atoms with Crippen molar-refractivity contribution in [3.05, 3.63) is 72.2 Å². The van der Waals surface area contributed by atoms with Gasteiger partial charge >= 0.3 is 0 Å². The fourth-order valence-electron chi connectivity index (χ4n) is 3.95. The van der Waals surface area contributed by atoms with Gasteiger partial charge in [-0.1, -0.05) is 12.1 Å². The summed E-state index contributed by atoms with van der Waals surface area (Å²) in [6.07, 6.45) is 5.13. The van der Waals surface area contributed by atoms with E-state index in [1.54, 1.807) is 47.4 Å². The third kappa shape index (κ3) is 4.73. The molecular formula is C24H26N8O2S. The number of benzene rings is 1. The fourth-order valence-corrected chi connectivity index (χ4v) is 5.51. The van der Waals surface area contributed by atoms with Crippen LogP contribution < -0.4 is 10.6 Å². The van der Waals surface area contributed by atoms with Crippen LogP contribution in [0.15, 0.2) is 65.8 Å². The molecule has 0 saturated carbocycles. The lowest BCUT2D eigenvalue weighted by Gasteiger charge is -2.16. The Balaban J connectivity index is 1.39. The summed E-state index contributed by atoms with van der Waals surface area (Å²) in [6.45, 7) is 5.04. The minimum Gasteiger partial charge on any atom is -0.324 e. The topological polar surface area (TPSA) is 118 Å². The second kappa shape index (κ2) is 9.43. The first-order valence-electron chi connectivity index (χ1n) is 11.4. The minimum atomic E-state index is -3.51. The van der Waals surface area contributed by atoms with Crippen LogP contribution in [0.1, 0.15) is 24.1 Å². The molecule has 1 aliphatic rings. The molecule has 4 heterocycles. The van der Waals surface area contributed by atoms with Gasteiger partial charge in [0.1, 0.15) is 11.6 Å². The van der Waals surface area contributed by atoms with E-state index < -0.39 is 10.0 Å². The van der Waals surface area contributed by atoms with Crippen molar-refractivity contribution < 1.29 is 8.42 Å². The maximum atomic E-state index is 12.9. The Bertz CT molecular complexity index is 1450. The van der Waals surface area contributed by atoms with Crippen molar-refractivity contribution in [3.8, 4) is 5.82 Å². The monoisotopic (exact) mass is 490 g/mol. The second-order valence-corrected chi connectivity index (χ2v) is 10.3. The van der Waals surface area contributed by atoms with Crippen LogP contribution in [0, 0.1) is 13.8 Å². The Hall–Kier alpha value is -3.83. The third-order valence-electron chi connectivity index (χ3n) is 5.92. The lowest BCUT2D eigenvalue weighted by atomic mass is 10.3. The molecule has 180 valence electrons. The first-order chi connectivity index (χ1) is 16.9. The number of anilines is 4. The van der Waals surface area contributed by atoms with Crippen LogP contribution in [0.5, 0.6) is 0 Å². The maximum Gasteiger partial charge on any atom is 0.243 e. The number of rotatable bonds is 7. The first kappa shape index (κ1) is 22.9. The van der Waals surface area contributed by atoms with Gasteiger partial charge in [0.15, 0.2) is 5.82 Å². The molecule has 35 heavy (non-hydrogen) atoms. The quantitative estimate of drug-likeness (QED) is 0.400. The fraction of sp³-hybridized carbons (Fsp3) is 0.250. The molecule has 10 nitrogen and oxygen atoms in total. The zero-order valence-corrected chi connectivity index (χ0v) is 20.3. The van der Waals surface area contributed by atoms with E-state index in [9.17, 15) is 8.42 Å². The smallest absolute Gasteiger partial charge is 0.243 e. The molecule has 1 aliphatic heterocycles. The zero-order chi connectivity index (χ0) is 24.4. The van der Waals surface area contributed by atoms with Gasteiger partial charge in [-0.15, -0.1) is 0 Å². The summed E-state index contributed by atoms with van der Waals surface area (Å²) in [5.41, 5.74) is 2.44. The number of sulfonamides is 1. The number of nitrogens with zero attached hydrogens (tertiary/aromatic N) is 6. The molecule has 11 heteroatoms. The normalized spacial score (nSPS) is 14.2. The average Bonchev–Trinajstić information content (AvgIpc) is 3.51. The largest absolute Gasteiger partial charge is 0.324 e. The summed E-state index contributed by atoms with van der Waals surface area (Å²) in [5, 5.41) is 11.0. The van der Waals surface area contributed by atoms with Crippen LogP contribution in [0.2, 0.25) is 0 Å². The lowest BCUT2D eigenvalue weighted by molar-refractivity contribution is 0.477. The lowest BCUT2D eigenvalue weighted by Crippen LogP contribution is -2.27. The van der Waals surface area contributed by atoms with E-state index in [4.69, 9.17) is 0 Å². The SMILES string of the molecule is Cc1nn(-c2ccccn2)c(Nc2ccnc(Nc3cccc(S(=O)(=O)N4CCCC4)c3)n2)c1C. The van der Waals surface area contributed by atoms with Gasteiger partial charge in [-0.2, -0.15) is 19.1 Å². The molecule has 1 aromatic carbocycles. The molecule has 1 fully saturated rings. The zero-order valence-electron chi connectivity index (χ0n) is 19.5. The summed E-state index contributed by atoms with van der Waals surface area (Å²) < 4.78 is 29.1. The molecule has 0 unspecified atom stereocenters. The van der Waals surface area contributed by atoms with E-state index in [1.165, 1.54) is 4.31 Å². The predicted octanol–water partition coefficient (Wildman–Crippen LogP) is 3.95. The Kier molecular flexibility index (Phi) is 6.18. The maximum absolute atomic E-state index is 12.9. The molecule has 0 aliphatic carbocycles. The van der Waals surface area contributed by atoms with Crippen molar-refractivity contribution in [3.63, 3.8) is 0 Å². The summed E-state index contributed by atoms with van der Waals surface area (Å²) in [4.78, 5) is 13.5. The van der Waals surface area contributed by atoms with Crippen LogP contribution in [0.25, 0.3) is 5.82 Å². The Morgan fingerprint density at radius 2 is 1.74 bits per heavy atom. The summed E-state index contributed by atoms with van der Waals surface area (Å²) in [5.74, 6) is 2.34. The minimum absolute atomic E-state index is 0.254. The number of hydrogen-bond donors (Lipinski definition) is 2. The molecule has 0 bridgehead atoms. The van der Waals surface area contributed by atoms with E-state index in [0.29, 0.717) is 36.4 Å². The highest BCUT2D eigenvalue weighted by Gasteiger charge is 2.27. The van der Waals surface area contributed by atoms with Crippen LogP contribution in [-0.2, 0) is 10.0 Å². The van der Waals surface area contributed by atoms with Gasteiger partial charge in [-0.25, -0.2) is 18.4 Å². The predicted molar refractivity (Wildman–Crippen MR) is 134 cm³/mol. The van der Waals surface area contributed by atoms with Gasteiger partial charge in [0.2, 0.25) is 16.0 Å². The van der Waals surface area contributed by atoms with Crippen molar-refractivity contribution >= 4 is 33.3 Å². The number of hydrogen-bond acceptors (Lipinski definition) is 8. The van der Waals surface area contributed by atoms with Crippen molar-refractivity contribution in [1.82, 2.24) is 29.0 Å². The molecule has 2 N–H and O–H groups in total. The second-order valence-electron chi connectivity index (χ2n) is 8.31. The average molecular weight is 491 g/mol. The van der Waals surface area contributed by atoms with Crippen LogP contribution >= 0.6 is 0 Å². The molecule has 4 aromatic rings. The van der Waals surface area contributed by atoms with Crippen LogP contribution in [-0.4, -0.2) is 50.5 Å². The highest BCUT2D eigenvalue weighted by Crippen LogP contribution is 2.27. The Morgan fingerprint density at radius 1 is 0.914 bits per heavy atom. The summed E-state index contributed by atoms with van der Waals surface area (Å²) in [7, 11) is -3.51. The van der Waals surface area contributed by atoms with E-state index >= 15 is 0 Å². The van der Waals surface area contributed by atoms with Gasteiger partial charge in [-0.05, 0) is 63.1 Å². The number of aryl methyl sites for hydroxylation is 1. The Labute approximate surface area is 204 Å². The number of aromatic nitrogens is 5. The molecule has 0 amide bonds. The molecule has 5 rings (SSSR count).